The second-order valence-electron chi connectivity index (χ2n) is 5.73. The molecule has 5 heteroatoms. The van der Waals surface area contributed by atoms with Gasteiger partial charge in [-0.3, -0.25) is 4.79 Å². The molecule has 0 aliphatic heterocycles. The van der Waals surface area contributed by atoms with Crippen LogP contribution in [0.2, 0.25) is 0 Å². The van der Waals surface area contributed by atoms with E-state index < -0.39 is 5.97 Å². The van der Waals surface area contributed by atoms with Crippen LogP contribution in [-0.4, -0.2) is 24.5 Å². The third-order valence-electron chi connectivity index (χ3n) is 3.75. The molecule has 2 rings (SSSR count). The summed E-state index contributed by atoms with van der Waals surface area (Å²) in [5, 5.41) is 3.65. The van der Waals surface area contributed by atoms with Gasteiger partial charge < -0.3 is 14.5 Å². The van der Waals surface area contributed by atoms with Crippen LogP contribution in [-0.2, 0) is 9.53 Å². The molecule has 0 radical (unpaired) electrons. The third-order valence-corrected chi connectivity index (χ3v) is 3.75. The van der Waals surface area contributed by atoms with E-state index in [-0.39, 0.29) is 24.3 Å². The molecule has 0 fully saturated rings. The molecule has 118 valence electrons. The predicted molar refractivity (Wildman–Crippen MR) is 83.7 cm³/mol. The zero-order valence-electron chi connectivity index (χ0n) is 13.3. The Morgan fingerprint density at radius 1 is 1.23 bits per heavy atom. The quantitative estimate of drug-likeness (QED) is 0.862. The standard InChI is InChI=1S/C17H21NO4/c1-10(2)12(4)18-15(19)9-21-17(20)16-11(3)13-7-5-6-8-14(13)22-16/h5-8,10,12H,9H2,1-4H3,(H,18,19)/t12-/m0/s1. The third kappa shape index (κ3) is 3.47. The van der Waals surface area contributed by atoms with Crippen LogP contribution < -0.4 is 5.32 Å². The molecule has 1 aromatic carbocycles. The normalized spacial score (nSPS) is 12.4. The molecule has 0 aliphatic rings. The molecule has 1 amide bonds. The lowest BCUT2D eigenvalue weighted by atomic mass is 10.1. The molecule has 0 saturated carbocycles. The van der Waals surface area contributed by atoms with Gasteiger partial charge in [-0.25, -0.2) is 4.79 Å². The minimum absolute atomic E-state index is 0.0270. The molecular formula is C17H21NO4. The number of hydrogen-bond donors (Lipinski definition) is 1. The molecule has 2 aromatic rings. The minimum Gasteiger partial charge on any atom is -0.450 e. The number of nitrogens with one attached hydrogen (secondary N) is 1. The number of amides is 1. The van der Waals surface area contributed by atoms with Gasteiger partial charge in [0.2, 0.25) is 5.76 Å². The number of fused-ring (bicyclic) bond motifs is 1. The fourth-order valence-corrected chi connectivity index (χ4v) is 2.03. The van der Waals surface area contributed by atoms with E-state index in [9.17, 15) is 9.59 Å². The van der Waals surface area contributed by atoms with Crippen LogP contribution in [0.15, 0.2) is 28.7 Å². The summed E-state index contributed by atoms with van der Waals surface area (Å²) in [7, 11) is 0. The summed E-state index contributed by atoms with van der Waals surface area (Å²) in [5.41, 5.74) is 1.35. The van der Waals surface area contributed by atoms with Crippen molar-refractivity contribution in [2.45, 2.75) is 33.7 Å². The summed E-state index contributed by atoms with van der Waals surface area (Å²) in [4.78, 5) is 23.8. The van der Waals surface area contributed by atoms with Crippen LogP contribution >= 0.6 is 0 Å². The Kier molecular flexibility index (Phi) is 4.85. The second-order valence-corrected chi connectivity index (χ2v) is 5.73. The highest BCUT2D eigenvalue weighted by molar-refractivity contribution is 5.96. The smallest absolute Gasteiger partial charge is 0.375 e. The van der Waals surface area contributed by atoms with E-state index >= 15 is 0 Å². The lowest BCUT2D eigenvalue weighted by Crippen LogP contribution is -2.38. The van der Waals surface area contributed by atoms with Gasteiger partial charge in [-0.1, -0.05) is 32.0 Å². The lowest BCUT2D eigenvalue weighted by Gasteiger charge is -2.17. The molecule has 0 saturated heterocycles. The topological polar surface area (TPSA) is 68.5 Å². The maximum Gasteiger partial charge on any atom is 0.375 e. The van der Waals surface area contributed by atoms with Crippen molar-refractivity contribution >= 4 is 22.8 Å². The first-order valence-corrected chi connectivity index (χ1v) is 7.34. The summed E-state index contributed by atoms with van der Waals surface area (Å²) in [6, 6.07) is 7.40. The molecule has 22 heavy (non-hydrogen) atoms. The van der Waals surface area contributed by atoms with Gasteiger partial charge in [0.05, 0.1) is 0 Å². The molecule has 1 atom stereocenters. The number of hydrogen-bond acceptors (Lipinski definition) is 4. The van der Waals surface area contributed by atoms with Crippen molar-refractivity contribution in [3.63, 3.8) is 0 Å². The van der Waals surface area contributed by atoms with Crippen LogP contribution in [0.5, 0.6) is 0 Å². The summed E-state index contributed by atoms with van der Waals surface area (Å²) in [6.45, 7) is 7.41. The highest BCUT2D eigenvalue weighted by Crippen LogP contribution is 2.25. The first-order chi connectivity index (χ1) is 10.4. The highest BCUT2D eigenvalue weighted by atomic mass is 16.5. The van der Waals surface area contributed by atoms with Crippen molar-refractivity contribution in [1.82, 2.24) is 5.32 Å². The maximum atomic E-state index is 12.1. The minimum atomic E-state index is -0.624. The fraction of sp³-hybridized carbons (Fsp3) is 0.412. The average Bonchev–Trinajstić information content (AvgIpc) is 2.82. The number of benzene rings is 1. The molecule has 1 N–H and O–H groups in total. The highest BCUT2D eigenvalue weighted by Gasteiger charge is 2.20. The summed E-state index contributed by atoms with van der Waals surface area (Å²) < 4.78 is 10.5. The lowest BCUT2D eigenvalue weighted by molar-refractivity contribution is -0.125. The van der Waals surface area contributed by atoms with E-state index in [0.717, 1.165) is 10.9 Å². The van der Waals surface area contributed by atoms with Crippen molar-refractivity contribution in [1.29, 1.82) is 0 Å². The van der Waals surface area contributed by atoms with E-state index in [1.165, 1.54) is 0 Å². The molecule has 1 heterocycles. The number of carbonyl (C=O) groups excluding carboxylic acids is 2. The van der Waals surface area contributed by atoms with Gasteiger partial charge in [-0.15, -0.1) is 0 Å². The number of furan rings is 1. The van der Waals surface area contributed by atoms with Gasteiger partial charge in [-0.05, 0) is 25.8 Å². The fourth-order valence-electron chi connectivity index (χ4n) is 2.03. The maximum absolute atomic E-state index is 12.1. The monoisotopic (exact) mass is 303 g/mol. The Morgan fingerprint density at radius 3 is 2.55 bits per heavy atom. The largest absolute Gasteiger partial charge is 0.450 e. The number of ether oxygens (including phenoxy) is 1. The predicted octanol–water partition coefficient (Wildman–Crippen LogP) is 3.06. The van der Waals surface area contributed by atoms with Crippen molar-refractivity contribution in [3.8, 4) is 0 Å². The van der Waals surface area contributed by atoms with Crippen molar-refractivity contribution in [2.75, 3.05) is 6.61 Å². The SMILES string of the molecule is Cc1c(C(=O)OCC(=O)N[C@@H](C)C(C)C)oc2ccccc12. The molecule has 0 bridgehead atoms. The summed E-state index contributed by atoms with van der Waals surface area (Å²) >= 11 is 0. The number of rotatable bonds is 5. The van der Waals surface area contributed by atoms with E-state index in [4.69, 9.17) is 9.15 Å². The van der Waals surface area contributed by atoms with Gasteiger partial charge >= 0.3 is 5.97 Å². The van der Waals surface area contributed by atoms with E-state index in [2.05, 4.69) is 5.32 Å². The van der Waals surface area contributed by atoms with E-state index in [0.29, 0.717) is 11.5 Å². The Hall–Kier alpha value is -2.30. The zero-order valence-corrected chi connectivity index (χ0v) is 13.3. The zero-order chi connectivity index (χ0) is 16.3. The van der Waals surface area contributed by atoms with Crippen LogP contribution in [0, 0.1) is 12.8 Å². The van der Waals surface area contributed by atoms with Crippen LogP contribution in [0.25, 0.3) is 11.0 Å². The molecule has 5 nitrogen and oxygen atoms in total. The van der Waals surface area contributed by atoms with Gasteiger partial charge in [0.15, 0.2) is 6.61 Å². The Bertz CT molecular complexity index is 687. The number of para-hydroxylation sites is 1. The number of esters is 1. The van der Waals surface area contributed by atoms with Crippen LogP contribution in [0.4, 0.5) is 0 Å². The molecular weight excluding hydrogens is 282 g/mol. The molecule has 0 unspecified atom stereocenters. The Balaban J connectivity index is 2.00. The van der Waals surface area contributed by atoms with Crippen LogP contribution in [0.1, 0.15) is 36.9 Å². The number of aryl methyl sites for hydroxylation is 1. The molecule has 0 aliphatic carbocycles. The molecule has 1 aromatic heterocycles. The number of carbonyl (C=O) groups is 2. The average molecular weight is 303 g/mol. The van der Waals surface area contributed by atoms with Crippen LogP contribution in [0.3, 0.4) is 0 Å². The summed E-state index contributed by atoms with van der Waals surface area (Å²) in [6.07, 6.45) is 0. The van der Waals surface area contributed by atoms with E-state index in [1.807, 2.05) is 39.0 Å². The van der Waals surface area contributed by atoms with Crippen molar-refractivity contribution in [3.05, 3.63) is 35.6 Å². The van der Waals surface area contributed by atoms with Gasteiger partial charge in [0, 0.05) is 17.0 Å². The van der Waals surface area contributed by atoms with Gasteiger partial charge in [0.1, 0.15) is 5.58 Å². The molecule has 0 spiro atoms. The van der Waals surface area contributed by atoms with E-state index in [1.54, 1.807) is 13.0 Å². The van der Waals surface area contributed by atoms with Gasteiger partial charge in [0.25, 0.3) is 5.91 Å². The van der Waals surface area contributed by atoms with Crippen molar-refractivity contribution in [2.24, 2.45) is 5.92 Å². The van der Waals surface area contributed by atoms with Gasteiger partial charge in [-0.2, -0.15) is 0 Å². The van der Waals surface area contributed by atoms with Crippen molar-refractivity contribution < 1.29 is 18.7 Å². The first-order valence-electron chi connectivity index (χ1n) is 7.34. The Morgan fingerprint density at radius 2 is 1.91 bits per heavy atom. The summed E-state index contributed by atoms with van der Waals surface area (Å²) in [5.74, 6) is -0.479. The first kappa shape index (κ1) is 16.1. The Labute approximate surface area is 129 Å². The second kappa shape index (κ2) is 6.64.